The number of fused-ring (bicyclic) bond motifs is 1. The van der Waals surface area contributed by atoms with Gasteiger partial charge in [-0.25, -0.2) is 9.78 Å². The van der Waals surface area contributed by atoms with Gasteiger partial charge in [-0.3, -0.25) is 0 Å². The van der Waals surface area contributed by atoms with Crippen LogP contribution in [0.4, 0.5) is 4.79 Å². The van der Waals surface area contributed by atoms with E-state index >= 15 is 0 Å². The number of nitrogens with one attached hydrogen (secondary N) is 1. The van der Waals surface area contributed by atoms with Crippen molar-refractivity contribution in [2.24, 2.45) is 0 Å². The van der Waals surface area contributed by atoms with Crippen molar-refractivity contribution in [3.05, 3.63) is 59.3 Å². The summed E-state index contributed by atoms with van der Waals surface area (Å²) < 4.78 is 10.7. The molecule has 1 aliphatic rings. The highest BCUT2D eigenvalue weighted by Gasteiger charge is 2.27. The summed E-state index contributed by atoms with van der Waals surface area (Å²) in [7, 11) is 0. The molecule has 1 atom stereocenters. The number of pyridine rings is 1. The van der Waals surface area contributed by atoms with Crippen LogP contribution in [-0.4, -0.2) is 17.7 Å². The Bertz CT molecular complexity index is 643. The second-order valence-corrected chi connectivity index (χ2v) is 4.92. The molecule has 21 heavy (non-hydrogen) atoms. The fraction of sp³-hybridized carbons (Fsp3) is 0.250. The number of rotatable bonds is 3. The monoisotopic (exact) mass is 284 g/mol. The number of nitrogens with zero attached hydrogens (tertiary/aromatic N) is 1. The Hall–Kier alpha value is -2.56. The van der Waals surface area contributed by atoms with Crippen LogP contribution in [-0.2, 0) is 11.3 Å². The molecule has 0 bridgehead atoms. The molecule has 1 unspecified atom stereocenters. The zero-order valence-electron chi connectivity index (χ0n) is 11.7. The number of ether oxygens (including phenoxy) is 2. The van der Waals surface area contributed by atoms with E-state index in [1.54, 1.807) is 0 Å². The number of alkyl carbamates (subject to hydrolysis) is 1. The molecule has 0 radical (unpaired) electrons. The summed E-state index contributed by atoms with van der Waals surface area (Å²) in [6.07, 6.45) is -0.458. The first-order chi connectivity index (χ1) is 10.2. The maximum Gasteiger partial charge on any atom is 0.408 e. The number of carbonyl (C=O) groups is 1. The Morgan fingerprint density at radius 3 is 2.95 bits per heavy atom. The number of hydrogen-bond acceptors (Lipinski definition) is 4. The van der Waals surface area contributed by atoms with Crippen LogP contribution in [0, 0.1) is 6.92 Å². The molecule has 2 heterocycles. The maximum atomic E-state index is 11.8. The number of carbonyl (C=O) groups excluding carboxylic acids is 1. The molecule has 5 heteroatoms. The van der Waals surface area contributed by atoms with Crippen LogP contribution in [0.25, 0.3) is 0 Å². The Morgan fingerprint density at radius 1 is 1.33 bits per heavy atom. The molecule has 108 valence electrons. The molecular weight excluding hydrogens is 268 g/mol. The van der Waals surface area contributed by atoms with Crippen molar-refractivity contribution in [3.8, 4) is 5.88 Å². The van der Waals surface area contributed by atoms with Gasteiger partial charge in [-0.05, 0) is 24.6 Å². The van der Waals surface area contributed by atoms with Gasteiger partial charge in [-0.2, -0.15) is 0 Å². The Morgan fingerprint density at radius 2 is 2.14 bits per heavy atom. The fourth-order valence-electron chi connectivity index (χ4n) is 2.20. The lowest BCUT2D eigenvalue weighted by Gasteiger charge is -2.12. The normalized spacial score (nSPS) is 16.0. The first-order valence-corrected chi connectivity index (χ1v) is 6.80. The van der Waals surface area contributed by atoms with Crippen LogP contribution in [0.1, 0.15) is 22.9 Å². The van der Waals surface area contributed by atoms with E-state index in [2.05, 4.69) is 10.3 Å². The van der Waals surface area contributed by atoms with E-state index in [4.69, 9.17) is 9.47 Å². The SMILES string of the molecule is Cc1ccc2c(n1)OCC2NC(=O)OCc1ccccc1. The number of hydrogen-bond donors (Lipinski definition) is 1. The van der Waals surface area contributed by atoms with Crippen LogP contribution in [0.15, 0.2) is 42.5 Å². The summed E-state index contributed by atoms with van der Waals surface area (Å²) in [5.74, 6) is 0.586. The average Bonchev–Trinajstić information content (AvgIpc) is 2.88. The highest BCUT2D eigenvalue weighted by Crippen LogP contribution is 2.30. The molecule has 0 saturated carbocycles. The first-order valence-electron chi connectivity index (χ1n) is 6.80. The van der Waals surface area contributed by atoms with Crippen molar-refractivity contribution in [2.45, 2.75) is 19.6 Å². The van der Waals surface area contributed by atoms with Crippen LogP contribution >= 0.6 is 0 Å². The highest BCUT2D eigenvalue weighted by molar-refractivity contribution is 5.68. The van der Waals surface area contributed by atoms with E-state index in [1.165, 1.54) is 0 Å². The van der Waals surface area contributed by atoms with Crippen LogP contribution in [0.5, 0.6) is 5.88 Å². The van der Waals surface area contributed by atoms with Crippen molar-refractivity contribution in [1.82, 2.24) is 10.3 Å². The average molecular weight is 284 g/mol. The molecule has 1 amide bonds. The van der Waals surface area contributed by atoms with Crippen molar-refractivity contribution >= 4 is 6.09 Å². The van der Waals surface area contributed by atoms with E-state index in [0.717, 1.165) is 16.8 Å². The van der Waals surface area contributed by atoms with E-state index < -0.39 is 6.09 Å². The first kappa shape index (κ1) is 13.4. The summed E-state index contributed by atoms with van der Waals surface area (Å²) in [6.45, 7) is 2.53. The van der Waals surface area contributed by atoms with Crippen molar-refractivity contribution < 1.29 is 14.3 Å². The van der Waals surface area contributed by atoms with Gasteiger partial charge in [-0.1, -0.05) is 30.3 Å². The van der Waals surface area contributed by atoms with Gasteiger partial charge in [0.25, 0.3) is 0 Å². The van der Waals surface area contributed by atoms with Crippen LogP contribution in [0.2, 0.25) is 0 Å². The largest absolute Gasteiger partial charge is 0.475 e. The quantitative estimate of drug-likeness (QED) is 0.941. The summed E-state index contributed by atoms with van der Waals surface area (Å²) >= 11 is 0. The second kappa shape index (κ2) is 5.83. The molecule has 0 aliphatic carbocycles. The van der Waals surface area contributed by atoms with Crippen LogP contribution in [0.3, 0.4) is 0 Å². The summed E-state index contributed by atoms with van der Waals surface area (Å²) in [4.78, 5) is 16.1. The van der Waals surface area contributed by atoms with E-state index in [9.17, 15) is 4.79 Å². The molecule has 3 rings (SSSR count). The predicted molar refractivity (Wildman–Crippen MR) is 77.0 cm³/mol. The molecule has 2 aromatic rings. The zero-order valence-corrected chi connectivity index (χ0v) is 11.7. The Labute approximate surface area is 122 Å². The maximum absolute atomic E-state index is 11.8. The van der Waals surface area contributed by atoms with Gasteiger partial charge in [-0.15, -0.1) is 0 Å². The minimum Gasteiger partial charge on any atom is -0.475 e. The number of benzene rings is 1. The number of amides is 1. The summed E-state index contributed by atoms with van der Waals surface area (Å²) in [5, 5.41) is 2.80. The topological polar surface area (TPSA) is 60.5 Å². The third-order valence-electron chi connectivity index (χ3n) is 3.30. The lowest BCUT2D eigenvalue weighted by Crippen LogP contribution is -2.29. The summed E-state index contributed by atoms with van der Waals surface area (Å²) in [5.41, 5.74) is 2.73. The molecule has 1 aromatic heterocycles. The van der Waals surface area contributed by atoms with E-state index in [1.807, 2.05) is 49.4 Å². The molecule has 0 spiro atoms. The van der Waals surface area contributed by atoms with Gasteiger partial charge in [0.1, 0.15) is 13.2 Å². The molecule has 0 fully saturated rings. The number of aryl methyl sites for hydroxylation is 1. The van der Waals surface area contributed by atoms with Gasteiger partial charge >= 0.3 is 6.09 Å². The van der Waals surface area contributed by atoms with Gasteiger partial charge in [0.15, 0.2) is 0 Å². The molecule has 1 aliphatic heterocycles. The van der Waals surface area contributed by atoms with Gasteiger partial charge in [0.05, 0.1) is 6.04 Å². The molecule has 1 aromatic carbocycles. The standard InChI is InChI=1S/C16H16N2O3/c1-11-7-8-13-14(10-20-15(13)17-11)18-16(19)21-9-12-5-3-2-4-6-12/h2-8,14H,9-10H2,1H3,(H,18,19). The Balaban J connectivity index is 1.57. The summed E-state index contributed by atoms with van der Waals surface area (Å²) in [6, 6.07) is 13.2. The molecule has 1 N–H and O–H groups in total. The van der Waals surface area contributed by atoms with Crippen molar-refractivity contribution in [1.29, 1.82) is 0 Å². The number of aromatic nitrogens is 1. The molecule has 0 saturated heterocycles. The second-order valence-electron chi connectivity index (χ2n) is 4.92. The molecule has 5 nitrogen and oxygen atoms in total. The van der Waals surface area contributed by atoms with Gasteiger partial charge in [0.2, 0.25) is 5.88 Å². The van der Waals surface area contributed by atoms with Gasteiger partial charge in [0, 0.05) is 11.3 Å². The van der Waals surface area contributed by atoms with Crippen molar-refractivity contribution in [2.75, 3.05) is 6.61 Å². The lowest BCUT2D eigenvalue weighted by molar-refractivity contribution is 0.133. The Kier molecular flexibility index (Phi) is 3.73. The van der Waals surface area contributed by atoms with Crippen molar-refractivity contribution in [3.63, 3.8) is 0 Å². The van der Waals surface area contributed by atoms with Crippen LogP contribution < -0.4 is 10.1 Å². The van der Waals surface area contributed by atoms with E-state index in [0.29, 0.717) is 12.5 Å². The fourth-order valence-corrected chi connectivity index (χ4v) is 2.20. The highest BCUT2D eigenvalue weighted by atomic mass is 16.5. The third-order valence-corrected chi connectivity index (χ3v) is 3.30. The predicted octanol–water partition coefficient (Wildman–Crippen LogP) is 2.75. The molecular formula is C16H16N2O3. The van der Waals surface area contributed by atoms with Gasteiger partial charge < -0.3 is 14.8 Å². The zero-order chi connectivity index (χ0) is 14.7. The third kappa shape index (κ3) is 3.13. The van der Waals surface area contributed by atoms with E-state index in [-0.39, 0.29) is 12.6 Å². The minimum absolute atomic E-state index is 0.212. The lowest BCUT2D eigenvalue weighted by atomic mass is 10.1. The smallest absolute Gasteiger partial charge is 0.408 e. The minimum atomic E-state index is -0.458.